The van der Waals surface area contributed by atoms with Crippen molar-refractivity contribution < 1.29 is 0 Å². The van der Waals surface area contributed by atoms with Crippen molar-refractivity contribution in [2.45, 2.75) is 27.2 Å². The highest BCUT2D eigenvalue weighted by Crippen LogP contribution is 2.18. The molecule has 0 saturated heterocycles. The van der Waals surface area contributed by atoms with Crippen LogP contribution in [-0.2, 0) is 0 Å². The molecule has 0 saturated carbocycles. The maximum Gasteiger partial charge on any atom is -0.00247 e. The molecule has 0 rings (SSSR count). The molecular formula is C10H15I. The number of hydrogen-bond acceptors (Lipinski definition) is 0. The summed E-state index contributed by atoms with van der Waals surface area (Å²) in [7, 11) is 0. The summed E-state index contributed by atoms with van der Waals surface area (Å²) in [6, 6.07) is 0. The maximum atomic E-state index is 2.39. The third-order valence-electron chi connectivity index (χ3n) is 1.32. The van der Waals surface area contributed by atoms with Gasteiger partial charge in [-0.25, -0.2) is 0 Å². The summed E-state index contributed by atoms with van der Waals surface area (Å²) in [4.78, 5) is 0. The number of halogens is 1. The molecule has 62 valence electrons. The standard InChI is InChI=1S/C10H15I/c1-4-7-9(8-5-2)10(11)6-3/h4-5,7-8H,6H2,1-3H3/b7-4-,8-5+,10-9?. The van der Waals surface area contributed by atoms with Crippen molar-refractivity contribution in [3.63, 3.8) is 0 Å². The molecule has 0 aromatic heterocycles. The van der Waals surface area contributed by atoms with E-state index in [2.05, 4.69) is 53.8 Å². The van der Waals surface area contributed by atoms with Gasteiger partial charge >= 0.3 is 0 Å². The summed E-state index contributed by atoms with van der Waals surface area (Å²) >= 11 is 2.39. The highest BCUT2D eigenvalue weighted by atomic mass is 127. The van der Waals surface area contributed by atoms with E-state index < -0.39 is 0 Å². The van der Waals surface area contributed by atoms with Crippen molar-refractivity contribution in [3.8, 4) is 0 Å². The van der Waals surface area contributed by atoms with Gasteiger partial charge in [0.25, 0.3) is 0 Å². The molecule has 0 unspecified atom stereocenters. The van der Waals surface area contributed by atoms with Gasteiger partial charge in [-0.1, -0.05) is 31.2 Å². The van der Waals surface area contributed by atoms with Gasteiger partial charge in [0.2, 0.25) is 0 Å². The molecule has 0 spiro atoms. The van der Waals surface area contributed by atoms with Crippen LogP contribution in [-0.4, -0.2) is 0 Å². The van der Waals surface area contributed by atoms with Crippen molar-refractivity contribution in [2.24, 2.45) is 0 Å². The molecule has 0 radical (unpaired) electrons. The van der Waals surface area contributed by atoms with Crippen LogP contribution >= 0.6 is 22.6 Å². The molecule has 0 aliphatic rings. The second kappa shape index (κ2) is 6.65. The normalized spacial score (nSPS) is 14.5. The quantitative estimate of drug-likeness (QED) is 0.527. The molecule has 0 amide bonds. The Bertz CT molecular complexity index is 171. The zero-order chi connectivity index (χ0) is 8.69. The number of hydrogen-bond donors (Lipinski definition) is 0. The lowest BCUT2D eigenvalue weighted by Crippen LogP contribution is -1.75. The van der Waals surface area contributed by atoms with E-state index in [1.807, 2.05) is 13.8 Å². The van der Waals surface area contributed by atoms with E-state index in [0.29, 0.717) is 0 Å². The van der Waals surface area contributed by atoms with Gasteiger partial charge in [-0.15, -0.1) is 0 Å². The molecule has 0 heterocycles. The maximum absolute atomic E-state index is 2.39. The molecule has 0 aliphatic carbocycles. The molecular weight excluding hydrogens is 247 g/mol. The zero-order valence-electron chi connectivity index (χ0n) is 7.39. The van der Waals surface area contributed by atoms with Crippen LogP contribution < -0.4 is 0 Å². The van der Waals surface area contributed by atoms with E-state index in [4.69, 9.17) is 0 Å². The molecule has 0 aliphatic heterocycles. The molecule has 11 heavy (non-hydrogen) atoms. The van der Waals surface area contributed by atoms with Crippen molar-refractivity contribution in [3.05, 3.63) is 33.5 Å². The SMILES string of the molecule is C/C=C\C(/C=C/C)=C(I)CC. The van der Waals surface area contributed by atoms with Gasteiger partial charge in [0.15, 0.2) is 0 Å². The van der Waals surface area contributed by atoms with Crippen LogP contribution in [0.25, 0.3) is 0 Å². The molecule has 1 heteroatoms. The summed E-state index contributed by atoms with van der Waals surface area (Å²) in [6.45, 7) is 6.26. The van der Waals surface area contributed by atoms with Crippen LogP contribution in [0, 0.1) is 0 Å². The monoisotopic (exact) mass is 262 g/mol. The van der Waals surface area contributed by atoms with E-state index in [0.717, 1.165) is 6.42 Å². The summed E-state index contributed by atoms with van der Waals surface area (Å²) in [5.74, 6) is 0. The molecule has 0 aromatic rings. The molecule has 0 atom stereocenters. The van der Waals surface area contributed by atoms with Crippen molar-refractivity contribution in [1.29, 1.82) is 0 Å². The minimum absolute atomic E-state index is 1.12. The Kier molecular flexibility index (Phi) is 6.62. The van der Waals surface area contributed by atoms with E-state index in [-0.39, 0.29) is 0 Å². The van der Waals surface area contributed by atoms with E-state index in [9.17, 15) is 0 Å². The second-order valence-corrected chi connectivity index (χ2v) is 3.52. The third-order valence-corrected chi connectivity index (χ3v) is 2.70. The first-order valence-electron chi connectivity index (χ1n) is 3.90. The molecule has 0 N–H and O–H groups in total. The largest absolute Gasteiger partial charge is 0.0870 e. The Morgan fingerprint density at radius 2 is 1.64 bits per heavy atom. The second-order valence-electron chi connectivity index (χ2n) is 2.21. The summed E-state index contributed by atoms with van der Waals surface area (Å²) in [6.07, 6.45) is 9.55. The molecule has 0 nitrogen and oxygen atoms in total. The van der Waals surface area contributed by atoms with Gasteiger partial charge in [0.05, 0.1) is 0 Å². The van der Waals surface area contributed by atoms with Crippen LogP contribution in [0.2, 0.25) is 0 Å². The minimum atomic E-state index is 1.12. The summed E-state index contributed by atoms with van der Waals surface area (Å²) in [5.41, 5.74) is 1.33. The third kappa shape index (κ3) is 4.40. The fourth-order valence-corrected chi connectivity index (χ4v) is 1.16. The predicted octanol–water partition coefficient (Wildman–Crippen LogP) is 4.24. The van der Waals surface area contributed by atoms with Crippen LogP contribution in [0.15, 0.2) is 33.5 Å². The Labute approximate surface area is 83.2 Å². The predicted molar refractivity (Wildman–Crippen MR) is 61.0 cm³/mol. The van der Waals surface area contributed by atoms with Gasteiger partial charge in [0, 0.05) is 0 Å². The Balaban J connectivity index is 4.56. The average molecular weight is 262 g/mol. The number of allylic oxidation sites excluding steroid dienone is 6. The highest BCUT2D eigenvalue weighted by molar-refractivity contribution is 14.1. The van der Waals surface area contributed by atoms with Gasteiger partial charge < -0.3 is 0 Å². The first kappa shape index (κ1) is 11.0. The van der Waals surface area contributed by atoms with E-state index >= 15 is 0 Å². The van der Waals surface area contributed by atoms with E-state index in [1.54, 1.807) is 0 Å². The van der Waals surface area contributed by atoms with Crippen molar-refractivity contribution in [2.75, 3.05) is 0 Å². The summed E-state index contributed by atoms with van der Waals surface area (Å²) < 4.78 is 1.42. The van der Waals surface area contributed by atoms with Gasteiger partial charge in [-0.3, -0.25) is 0 Å². The Morgan fingerprint density at radius 3 is 1.91 bits per heavy atom. The minimum Gasteiger partial charge on any atom is -0.0870 e. The van der Waals surface area contributed by atoms with Gasteiger partial charge in [-0.05, 0) is 52.0 Å². The van der Waals surface area contributed by atoms with Crippen LogP contribution in [0.1, 0.15) is 27.2 Å². The lowest BCUT2D eigenvalue weighted by molar-refractivity contribution is 1.20. The average Bonchev–Trinajstić information content (AvgIpc) is 2.03. The Hall–Kier alpha value is -0.0500. The lowest BCUT2D eigenvalue weighted by atomic mass is 10.2. The fraction of sp³-hybridized carbons (Fsp3) is 0.400. The fourth-order valence-electron chi connectivity index (χ4n) is 0.800. The Morgan fingerprint density at radius 1 is 1.18 bits per heavy atom. The van der Waals surface area contributed by atoms with Crippen molar-refractivity contribution >= 4 is 22.6 Å². The highest BCUT2D eigenvalue weighted by Gasteiger charge is 1.92. The van der Waals surface area contributed by atoms with Crippen LogP contribution in [0.4, 0.5) is 0 Å². The zero-order valence-corrected chi connectivity index (χ0v) is 9.55. The molecule has 0 bridgehead atoms. The van der Waals surface area contributed by atoms with Crippen LogP contribution in [0.5, 0.6) is 0 Å². The molecule has 0 aromatic carbocycles. The first-order valence-corrected chi connectivity index (χ1v) is 4.98. The van der Waals surface area contributed by atoms with Gasteiger partial charge in [0.1, 0.15) is 0 Å². The molecule has 0 fully saturated rings. The smallest absolute Gasteiger partial charge is 0.00247 e. The first-order chi connectivity index (χ1) is 5.26. The number of rotatable bonds is 3. The lowest BCUT2D eigenvalue weighted by Gasteiger charge is -1.97. The summed E-state index contributed by atoms with van der Waals surface area (Å²) in [5, 5.41) is 0. The van der Waals surface area contributed by atoms with E-state index in [1.165, 1.54) is 9.15 Å². The topological polar surface area (TPSA) is 0 Å². The van der Waals surface area contributed by atoms with Crippen LogP contribution in [0.3, 0.4) is 0 Å². The van der Waals surface area contributed by atoms with Crippen molar-refractivity contribution in [1.82, 2.24) is 0 Å². The van der Waals surface area contributed by atoms with Gasteiger partial charge in [-0.2, -0.15) is 0 Å².